The zero-order chi connectivity index (χ0) is 27.1. The smallest absolute Gasteiger partial charge is 0.253 e. The van der Waals surface area contributed by atoms with E-state index in [-0.39, 0.29) is 23.9 Å². The Morgan fingerprint density at radius 2 is 2.11 bits per heavy atom. The molecule has 0 bridgehead atoms. The van der Waals surface area contributed by atoms with Crippen LogP contribution < -0.4 is 15.4 Å². The van der Waals surface area contributed by atoms with Gasteiger partial charge in [-0.05, 0) is 43.2 Å². The highest BCUT2D eigenvalue weighted by atomic mass is 19.1. The van der Waals surface area contributed by atoms with Gasteiger partial charge in [-0.15, -0.1) is 0 Å². The zero-order valence-electron chi connectivity index (χ0n) is 20.8. The van der Waals surface area contributed by atoms with Crippen molar-refractivity contribution in [2.75, 3.05) is 25.6 Å². The van der Waals surface area contributed by atoms with Gasteiger partial charge < -0.3 is 30.3 Å². The molecule has 1 fully saturated rings. The number of amides is 1. The van der Waals surface area contributed by atoms with Crippen LogP contribution in [0.5, 0.6) is 5.88 Å². The number of fused-ring (bicyclic) bond motifs is 1. The highest BCUT2D eigenvalue weighted by molar-refractivity contribution is 6.01. The summed E-state index contributed by atoms with van der Waals surface area (Å²) in [6, 6.07) is 8.05. The third-order valence-corrected chi connectivity index (χ3v) is 6.31. The van der Waals surface area contributed by atoms with E-state index < -0.39 is 36.6 Å². The molecule has 4 rings (SSSR count). The van der Waals surface area contributed by atoms with Gasteiger partial charge in [0, 0.05) is 36.8 Å². The molecule has 4 atom stereocenters. The number of carbonyl (C=O) groups excluding carboxylic acids is 1. The summed E-state index contributed by atoms with van der Waals surface area (Å²) in [5.74, 6) is -1.05. The number of hydrogen-bond donors (Lipinski definition) is 4. The van der Waals surface area contributed by atoms with E-state index in [1.165, 1.54) is 13.2 Å². The molecular weight excluding hydrogens is 498 g/mol. The maximum Gasteiger partial charge on any atom is 0.253 e. The fourth-order valence-corrected chi connectivity index (χ4v) is 4.36. The van der Waals surface area contributed by atoms with Crippen LogP contribution in [0.3, 0.4) is 0 Å². The minimum atomic E-state index is -1.02. The number of hydrogen-bond acceptors (Lipinski definition) is 8. The molecular formula is C27H30F2N4O5. The van der Waals surface area contributed by atoms with Crippen molar-refractivity contribution in [2.24, 2.45) is 0 Å². The molecule has 11 heteroatoms. The standard InChI is InChI=1S/C27H30F2N4O5/c1-37-25-9-7-21-26(33-25)22(10-12-31-21)32-27(36)23-8-6-20(24(38-23)14-18(35)15-34)30-11-2-3-16-13-17(28)4-5-19(16)29/h2-5,7,9-10,12-13,18,20,23-24,30,34-35H,6,8,11,14-15H2,1H3,(H,31,32,36)/b3-2+/t18-,20+,23-,24+/m0/s1. The van der Waals surface area contributed by atoms with Gasteiger partial charge >= 0.3 is 0 Å². The van der Waals surface area contributed by atoms with E-state index in [4.69, 9.17) is 9.47 Å². The Bertz CT molecular complexity index is 1290. The van der Waals surface area contributed by atoms with Crippen molar-refractivity contribution in [3.8, 4) is 5.88 Å². The molecule has 202 valence electrons. The van der Waals surface area contributed by atoms with Gasteiger partial charge in [0.1, 0.15) is 23.3 Å². The number of pyridine rings is 2. The fourth-order valence-electron chi connectivity index (χ4n) is 4.36. The van der Waals surface area contributed by atoms with Crippen LogP contribution in [-0.2, 0) is 9.53 Å². The Hall–Kier alpha value is -3.51. The van der Waals surface area contributed by atoms with Gasteiger partial charge in [-0.25, -0.2) is 13.8 Å². The Balaban J connectivity index is 1.41. The number of benzene rings is 1. The van der Waals surface area contributed by atoms with Crippen LogP contribution in [-0.4, -0.2) is 70.7 Å². The minimum Gasteiger partial charge on any atom is -0.481 e. The van der Waals surface area contributed by atoms with Crippen LogP contribution in [0.1, 0.15) is 24.8 Å². The van der Waals surface area contributed by atoms with Crippen LogP contribution >= 0.6 is 0 Å². The maximum atomic E-state index is 13.8. The zero-order valence-corrected chi connectivity index (χ0v) is 20.8. The van der Waals surface area contributed by atoms with E-state index in [0.717, 1.165) is 18.2 Å². The highest BCUT2D eigenvalue weighted by Crippen LogP contribution is 2.26. The second-order valence-electron chi connectivity index (χ2n) is 8.96. The van der Waals surface area contributed by atoms with Crippen LogP contribution in [0.25, 0.3) is 17.1 Å². The molecule has 1 saturated heterocycles. The molecule has 0 radical (unpaired) electrons. The summed E-state index contributed by atoms with van der Waals surface area (Å²) in [5.41, 5.74) is 1.66. The SMILES string of the molecule is COc1ccc2nccc(NC(=O)[C@@H]3CC[C@@H](NC/C=C/c4cc(F)ccc4F)[C@@H](C[C@H](O)CO)O3)c2n1. The average Bonchev–Trinajstić information content (AvgIpc) is 2.93. The summed E-state index contributed by atoms with van der Waals surface area (Å²) >= 11 is 0. The number of halogens is 2. The first-order valence-electron chi connectivity index (χ1n) is 12.3. The second-order valence-corrected chi connectivity index (χ2v) is 8.96. The molecule has 0 aliphatic carbocycles. The number of methoxy groups -OCH3 is 1. The number of nitrogens with zero attached hydrogens (tertiary/aromatic N) is 2. The number of nitrogens with one attached hydrogen (secondary N) is 2. The van der Waals surface area contributed by atoms with E-state index >= 15 is 0 Å². The van der Waals surface area contributed by atoms with Crippen molar-refractivity contribution >= 4 is 28.7 Å². The van der Waals surface area contributed by atoms with E-state index in [2.05, 4.69) is 20.6 Å². The molecule has 0 unspecified atom stereocenters. The lowest BCUT2D eigenvalue weighted by molar-refractivity contribution is -0.141. The predicted molar refractivity (Wildman–Crippen MR) is 138 cm³/mol. The first kappa shape index (κ1) is 27.5. The third kappa shape index (κ3) is 6.87. The number of anilines is 1. The number of ether oxygens (including phenoxy) is 2. The van der Waals surface area contributed by atoms with Gasteiger partial charge in [-0.1, -0.05) is 12.2 Å². The van der Waals surface area contributed by atoms with E-state index in [0.29, 0.717) is 42.0 Å². The van der Waals surface area contributed by atoms with Gasteiger partial charge in [0.05, 0.1) is 37.1 Å². The van der Waals surface area contributed by atoms with Crippen molar-refractivity contribution < 1.29 is 33.3 Å². The third-order valence-electron chi connectivity index (χ3n) is 6.31. The lowest BCUT2D eigenvalue weighted by Gasteiger charge is -2.37. The predicted octanol–water partition coefficient (Wildman–Crippen LogP) is 2.82. The first-order valence-corrected chi connectivity index (χ1v) is 12.3. The van der Waals surface area contributed by atoms with Crippen molar-refractivity contribution in [2.45, 2.75) is 43.6 Å². The fraction of sp³-hybridized carbons (Fsp3) is 0.370. The van der Waals surface area contributed by atoms with Gasteiger partial charge in [0.25, 0.3) is 5.91 Å². The van der Waals surface area contributed by atoms with Crippen LogP contribution in [0.2, 0.25) is 0 Å². The summed E-state index contributed by atoms with van der Waals surface area (Å²) in [6.45, 7) is -0.123. The number of aliphatic hydroxyl groups excluding tert-OH is 2. The van der Waals surface area contributed by atoms with Gasteiger partial charge in [-0.2, -0.15) is 0 Å². The average molecular weight is 529 g/mol. The lowest BCUT2D eigenvalue weighted by Crippen LogP contribution is -2.51. The monoisotopic (exact) mass is 528 g/mol. The normalized spacial score (nSPS) is 20.5. The summed E-state index contributed by atoms with van der Waals surface area (Å²) < 4.78 is 38.5. The van der Waals surface area contributed by atoms with E-state index in [9.17, 15) is 23.8 Å². The molecule has 0 saturated carbocycles. The quantitative estimate of drug-likeness (QED) is 0.317. The molecule has 2 aromatic heterocycles. The Morgan fingerprint density at radius 3 is 2.89 bits per heavy atom. The van der Waals surface area contributed by atoms with Crippen molar-refractivity contribution in [1.29, 1.82) is 0 Å². The first-order chi connectivity index (χ1) is 18.4. The Morgan fingerprint density at radius 1 is 1.26 bits per heavy atom. The molecule has 0 spiro atoms. The molecule has 38 heavy (non-hydrogen) atoms. The molecule has 4 N–H and O–H groups in total. The molecule has 9 nitrogen and oxygen atoms in total. The van der Waals surface area contributed by atoms with Gasteiger partial charge in [0.15, 0.2) is 0 Å². The molecule has 1 aliphatic rings. The lowest BCUT2D eigenvalue weighted by atomic mass is 9.94. The maximum absolute atomic E-state index is 13.8. The highest BCUT2D eigenvalue weighted by Gasteiger charge is 2.35. The van der Waals surface area contributed by atoms with E-state index in [1.54, 1.807) is 30.5 Å². The Kier molecular flexibility index (Phi) is 9.29. The second kappa shape index (κ2) is 12.8. The summed E-state index contributed by atoms with van der Waals surface area (Å²) in [6.07, 6.45) is 3.36. The van der Waals surface area contributed by atoms with Gasteiger partial charge in [0.2, 0.25) is 5.88 Å². The van der Waals surface area contributed by atoms with Crippen molar-refractivity contribution in [1.82, 2.24) is 15.3 Å². The van der Waals surface area contributed by atoms with Crippen LogP contribution in [0.4, 0.5) is 14.5 Å². The number of aromatic nitrogens is 2. The van der Waals surface area contributed by atoms with Crippen molar-refractivity contribution in [3.05, 3.63) is 65.9 Å². The van der Waals surface area contributed by atoms with Crippen molar-refractivity contribution in [3.63, 3.8) is 0 Å². The number of aliphatic hydroxyl groups is 2. The number of rotatable bonds is 10. The molecule has 1 amide bonds. The topological polar surface area (TPSA) is 126 Å². The largest absolute Gasteiger partial charge is 0.481 e. The Labute approximate surface area is 218 Å². The molecule has 1 aromatic carbocycles. The van der Waals surface area contributed by atoms with E-state index in [1.807, 2.05) is 0 Å². The van der Waals surface area contributed by atoms with Crippen LogP contribution in [0.15, 0.2) is 48.7 Å². The van der Waals surface area contributed by atoms with Crippen LogP contribution in [0, 0.1) is 11.6 Å². The van der Waals surface area contributed by atoms with Gasteiger partial charge in [-0.3, -0.25) is 9.78 Å². The minimum absolute atomic E-state index is 0.108. The molecule has 3 aromatic rings. The molecule has 3 heterocycles. The summed E-state index contributed by atoms with van der Waals surface area (Å²) in [5, 5.41) is 25.5. The molecule has 1 aliphatic heterocycles. The summed E-state index contributed by atoms with van der Waals surface area (Å²) in [4.78, 5) is 21.8. The summed E-state index contributed by atoms with van der Waals surface area (Å²) in [7, 11) is 1.50. The number of carbonyl (C=O) groups is 1.